The van der Waals surface area contributed by atoms with Crippen LogP contribution in [-0.4, -0.2) is 65.5 Å². The minimum Gasteiger partial charge on any atom is -0.467 e. The van der Waals surface area contributed by atoms with E-state index in [1.807, 2.05) is 0 Å². The molecule has 0 aliphatic heterocycles. The highest BCUT2D eigenvalue weighted by Crippen LogP contribution is 2.31. The molecule has 0 bridgehead atoms. The summed E-state index contributed by atoms with van der Waals surface area (Å²) in [6.45, 7) is 0. The molecule has 0 atom stereocenters. The molecule has 0 aromatic carbocycles. The summed E-state index contributed by atoms with van der Waals surface area (Å²) in [4.78, 5) is 34.9. The molecule has 39 heavy (non-hydrogen) atoms. The molecule has 4 heterocycles. The highest BCUT2D eigenvalue weighted by atomic mass is 35.5. The molecule has 1 amide bonds. The van der Waals surface area contributed by atoms with Crippen molar-refractivity contribution in [3.05, 3.63) is 53.7 Å². The fourth-order valence-electron chi connectivity index (χ4n) is 4.56. The van der Waals surface area contributed by atoms with Gasteiger partial charge in [-0.05, 0) is 43.4 Å². The molecule has 0 radical (unpaired) electrons. The third-order valence-electron chi connectivity index (χ3n) is 6.46. The number of hydrogen-bond donors (Lipinski definition) is 3. The highest BCUT2D eigenvalue weighted by Gasteiger charge is 2.31. The Balaban J connectivity index is 1.28. The molecule has 0 spiro atoms. The van der Waals surface area contributed by atoms with Gasteiger partial charge in [0.25, 0.3) is 0 Å². The second-order valence-electron chi connectivity index (χ2n) is 8.81. The van der Waals surface area contributed by atoms with Crippen LogP contribution in [0.5, 0.6) is 6.01 Å². The Labute approximate surface area is 227 Å². The number of ether oxygens (including phenoxy) is 1. The molecule has 1 fully saturated rings. The van der Waals surface area contributed by atoms with Crippen molar-refractivity contribution in [2.75, 3.05) is 17.3 Å². The van der Waals surface area contributed by atoms with Gasteiger partial charge in [0.2, 0.25) is 5.95 Å². The maximum absolute atomic E-state index is 12.3. The van der Waals surface area contributed by atoms with Gasteiger partial charge in [0.1, 0.15) is 23.3 Å². The number of carboxylic acid groups (broad SMARTS) is 1. The predicted molar refractivity (Wildman–Crippen MR) is 141 cm³/mol. The number of methoxy groups -OCH3 is 1. The third kappa shape index (κ3) is 5.55. The molecular weight excluding hydrogens is 524 g/mol. The van der Waals surface area contributed by atoms with Crippen LogP contribution in [0.2, 0.25) is 5.02 Å². The highest BCUT2D eigenvalue weighted by molar-refractivity contribution is 6.32. The van der Waals surface area contributed by atoms with E-state index in [1.165, 1.54) is 24.4 Å². The lowest BCUT2D eigenvalue weighted by Gasteiger charge is -2.35. The van der Waals surface area contributed by atoms with E-state index in [1.54, 1.807) is 30.7 Å². The Bertz CT molecular complexity index is 1510. The largest absolute Gasteiger partial charge is 0.467 e. The van der Waals surface area contributed by atoms with E-state index >= 15 is 0 Å². The Kier molecular flexibility index (Phi) is 7.46. The third-order valence-corrected chi connectivity index (χ3v) is 6.75. The number of halogens is 1. The molecule has 4 aromatic heterocycles. The number of carbonyl (C=O) groups is 1. The number of aromatic amines is 1. The molecular formula is C25H23ClN10O3. The summed E-state index contributed by atoms with van der Waals surface area (Å²) < 4.78 is 5.01. The number of anilines is 2. The van der Waals surface area contributed by atoms with Crippen LogP contribution in [0.3, 0.4) is 0 Å². The molecule has 198 valence electrons. The van der Waals surface area contributed by atoms with Gasteiger partial charge in [0.15, 0.2) is 0 Å². The quantitative estimate of drug-likeness (QED) is 0.303. The summed E-state index contributed by atoms with van der Waals surface area (Å²) >= 11 is 6.17. The lowest BCUT2D eigenvalue weighted by atomic mass is 9.90. The van der Waals surface area contributed by atoms with Crippen LogP contribution in [0.15, 0.2) is 43.1 Å². The number of aromatic nitrogens is 7. The number of rotatable bonds is 7. The molecule has 1 aliphatic rings. The summed E-state index contributed by atoms with van der Waals surface area (Å²) in [6.07, 6.45) is 9.25. The Morgan fingerprint density at radius 1 is 1.15 bits per heavy atom. The van der Waals surface area contributed by atoms with Gasteiger partial charge in [-0.2, -0.15) is 10.4 Å². The second-order valence-corrected chi connectivity index (χ2v) is 9.22. The zero-order valence-corrected chi connectivity index (χ0v) is 21.5. The smallest absolute Gasteiger partial charge is 0.413 e. The average molecular weight is 547 g/mol. The van der Waals surface area contributed by atoms with Gasteiger partial charge in [-0.1, -0.05) is 11.6 Å². The topological polar surface area (TPSA) is 179 Å². The minimum absolute atomic E-state index is 0.0167. The van der Waals surface area contributed by atoms with Gasteiger partial charge in [-0.3, -0.25) is 10.00 Å². The maximum Gasteiger partial charge on any atom is 0.413 e. The van der Waals surface area contributed by atoms with E-state index in [-0.39, 0.29) is 23.7 Å². The first-order chi connectivity index (χ1) is 19.0. The number of nitrogens with one attached hydrogen (secondary N) is 2. The molecule has 4 aromatic rings. The Hall–Kier alpha value is -4.83. The van der Waals surface area contributed by atoms with Gasteiger partial charge in [-0.15, -0.1) is 0 Å². The van der Waals surface area contributed by atoms with Crippen LogP contribution in [0.4, 0.5) is 16.6 Å². The summed E-state index contributed by atoms with van der Waals surface area (Å²) in [7, 11) is 1.49. The first-order valence-corrected chi connectivity index (χ1v) is 12.4. The van der Waals surface area contributed by atoms with E-state index in [9.17, 15) is 15.2 Å². The Morgan fingerprint density at radius 3 is 2.56 bits per heavy atom. The summed E-state index contributed by atoms with van der Waals surface area (Å²) in [5.41, 5.74) is 2.42. The SMILES string of the molecule is COc1ncc(-c2ccnc(N(C(=O)O)[C@H]3CC[C@H](Nc4ncc(C#N)c(-c5n[nH]cc5Cl)n4)CC3)c2)cn1. The van der Waals surface area contributed by atoms with Gasteiger partial charge in [0, 0.05) is 42.4 Å². The van der Waals surface area contributed by atoms with Crippen molar-refractivity contribution in [3.8, 4) is 34.6 Å². The standard InChI is InChI=1S/C25H23ClN10O3/c1-39-24-30-11-16(12-31-24)14-6-7-28-20(8-14)36(25(37)38)18-4-2-17(3-5-18)33-23-29-10-15(9-27)21(34-23)22-19(26)13-32-35-22/h6-8,10-13,17-18H,2-5H2,1H3,(H,32,35)(H,37,38)(H,29,33,34)/t17-,18-. The van der Waals surface area contributed by atoms with Crippen molar-refractivity contribution < 1.29 is 14.6 Å². The van der Waals surface area contributed by atoms with Crippen LogP contribution in [-0.2, 0) is 0 Å². The molecule has 0 unspecified atom stereocenters. The van der Waals surface area contributed by atoms with E-state index in [4.69, 9.17) is 16.3 Å². The van der Waals surface area contributed by atoms with Crippen molar-refractivity contribution in [2.24, 2.45) is 0 Å². The normalized spacial score (nSPS) is 16.7. The monoisotopic (exact) mass is 546 g/mol. The van der Waals surface area contributed by atoms with Crippen LogP contribution in [0.1, 0.15) is 31.2 Å². The number of nitriles is 1. The van der Waals surface area contributed by atoms with Crippen molar-refractivity contribution in [1.29, 1.82) is 5.26 Å². The summed E-state index contributed by atoms with van der Waals surface area (Å²) in [5, 5.41) is 29.9. The molecule has 13 nitrogen and oxygen atoms in total. The number of pyridine rings is 1. The van der Waals surface area contributed by atoms with Gasteiger partial charge >= 0.3 is 12.1 Å². The van der Waals surface area contributed by atoms with Crippen LogP contribution in [0.25, 0.3) is 22.5 Å². The fraction of sp³-hybridized carbons (Fsp3) is 0.280. The number of nitrogens with zero attached hydrogens (tertiary/aromatic N) is 8. The van der Waals surface area contributed by atoms with E-state index in [0.29, 0.717) is 53.9 Å². The second kappa shape index (κ2) is 11.3. The van der Waals surface area contributed by atoms with Crippen LogP contribution in [0, 0.1) is 11.3 Å². The first-order valence-electron chi connectivity index (χ1n) is 12.0. The summed E-state index contributed by atoms with van der Waals surface area (Å²) in [6, 6.07) is 5.57. The van der Waals surface area contributed by atoms with E-state index in [0.717, 1.165) is 11.1 Å². The zero-order chi connectivity index (χ0) is 27.4. The number of hydrogen-bond acceptors (Lipinski definition) is 10. The lowest BCUT2D eigenvalue weighted by molar-refractivity contribution is 0.195. The number of H-pyrrole nitrogens is 1. The molecule has 1 aliphatic carbocycles. The van der Waals surface area contributed by atoms with Crippen molar-refractivity contribution in [1.82, 2.24) is 35.1 Å². The van der Waals surface area contributed by atoms with Crippen molar-refractivity contribution in [3.63, 3.8) is 0 Å². The van der Waals surface area contributed by atoms with Gasteiger partial charge in [0.05, 0.1) is 23.9 Å². The molecule has 1 saturated carbocycles. The van der Waals surface area contributed by atoms with E-state index in [2.05, 4.69) is 46.5 Å². The van der Waals surface area contributed by atoms with Crippen LogP contribution >= 0.6 is 11.6 Å². The van der Waals surface area contributed by atoms with Gasteiger partial charge < -0.3 is 15.2 Å². The van der Waals surface area contributed by atoms with Crippen molar-refractivity contribution >= 4 is 29.5 Å². The Morgan fingerprint density at radius 2 is 1.92 bits per heavy atom. The summed E-state index contributed by atoms with van der Waals surface area (Å²) in [5.74, 6) is 0.681. The fourth-order valence-corrected chi connectivity index (χ4v) is 4.74. The molecule has 3 N–H and O–H groups in total. The van der Waals surface area contributed by atoms with E-state index < -0.39 is 6.09 Å². The zero-order valence-electron chi connectivity index (χ0n) is 20.7. The molecule has 5 rings (SSSR count). The predicted octanol–water partition coefficient (Wildman–Crippen LogP) is 4.16. The molecule has 0 saturated heterocycles. The number of amides is 1. The van der Waals surface area contributed by atoms with Crippen LogP contribution < -0.4 is 15.0 Å². The average Bonchev–Trinajstić information content (AvgIpc) is 3.39. The lowest BCUT2D eigenvalue weighted by Crippen LogP contribution is -2.44. The van der Waals surface area contributed by atoms with Gasteiger partial charge in [-0.25, -0.2) is 29.7 Å². The molecule has 14 heteroatoms. The first kappa shape index (κ1) is 25.8. The van der Waals surface area contributed by atoms with Crippen molar-refractivity contribution in [2.45, 2.75) is 37.8 Å². The maximum atomic E-state index is 12.3. The minimum atomic E-state index is -1.07.